The number of nitrogens with zero attached hydrogens (tertiary/aromatic N) is 3. The summed E-state index contributed by atoms with van der Waals surface area (Å²) in [6.07, 6.45) is 9.39. The second-order valence-electron chi connectivity index (χ2n) is 5.85. The Morgan fingerprint density at radius 3 is 2.65 bits per heavy atom. The van der Waals surface area contributed by atoms with Crippen LogP contribution in [0.3, 0.4) is 0 Å². The van der Waals surface area contributed by atoms with Crippen LogP contribution in [-0.2, 0) is 12.6 Å². The monoisotopic (exact) mass is 274 g/mol. The molecule has 1 aliphatic rings. The van der Waals surface area contributed by atoms with Gasteiger partial charge in [-0.3, -0.25) is 0 Å². The second-order valence-corrected chi connectivity index (χ2v) is 5.85. The van der Waals surface area contributed by atoms with Gasteiger partial charge in [-0.2, -0.15) is 0 Å². The van der Waals surface area contributed by atoms with Crippen molar-refractivity contribution >= 4 is 0 Å². The molecule has 1 fully saturated rings. The minimum absolute atomic E-state index is 0.187. The van der Waals surface area contributed by atoms with Gasteiger partial charge in [-0.05, 0) is 39.0 Å². The first kappa shape index (κ1) is 13.4. The standard InChI is InChI=1S/C15H22N4O/c1-18-8-3-12(4-9-18)15(20,14-16-6-7-17-14)13-5-10-19(2)11-13/h5-7,10-12,20H,3-4,8-9H2,1-2H3,(H,16,17). The molecule has 0 radical (unpaired) electrons. The van der Waals surface area contributed by atoms with E-state index in [1.807, 2.05) is 30.1 Å². The van der Waals surface area contributed by atoms with E-state index in [1.54, 1.807) is 12.4 Å². The van der Waals surface area contributed by atoms with Crippen LogP contribution in [0.25, 0.3) is 0 Å². The first-order valence-corrected chi connectivity index (χ1v) is 7.14. The number of aromatic nitrogens is 3. The number of aryl methyl sites for hydroxylation is 1. The van der Waals surface area contributed by atoms with Crippen LogP contribution in [0.4, 0.5) is 0 Å². The van der Waals surface area contributed by atoms with Crippen molar-refractivity contribution in [3.63, 3.8) is 0 Å². The van der Waals surface area contributed by atoms with Crippen molar-refractivity contribution in [3.8, 4) is 0 Å². The van der Waals surface area contributed by atoms with Crippen LogP contribution in [0.5, 0.6) is 0 Å². The largest absolute Gasteiger partial charge is 0.377 e. The van der Waals surface area contributed by atoms with Gasteiger partial charge in [-0.25, -0.2) is 4.98 Å². The van der Waals surface area contributed by atoms with Gasteiger partial charge in [0.15, 0.2) is 5.60 Å². The second kappa shape index (κ2) is 5.07. The van der Waals surface area contributed by atoms with E-state index in [4.69, 9.17) is 0 Å². The van der Waals surface area contributed by atoms with Crippen LogP contribution in [0.15, 0.2) is 30.9 Å². The smallest absolute Gasteiger partial charge is 0.151 e. The zero-order valence-electron chi connectivity index (χ0n) is 12.1. The van der Waals surface area contributed by atoms with Crippen LogP contribution in [0.2, 0.25) is 0 Å². The molecule has 3 rings (SSSR count). The molecule has 0 bridgehead atoms. The Balaban J connectivity index is 2.00. The van der Waals surface area contributed by atoms with Gasteiger partial charge in [0.25, 0.3) is 0 Å². The van der Waals surface area contributed by atoms with Gasteiger partial charge in [-0.15, -0.1) is 0 Å². The molecule has 3 heterocycles. The lowest BCUT2D eigenvalue weighted by Crippen LogP contribution is -2.43. The minimum atomic E-state index is -1.02. The van der Waals surface area contributed by atoms with Gasteiger partial charge in [0, 0.05) is 43.3 Å². The van der Waals surface area contributed by atoms with Crippen molar-refractivity contribution in [2.24, 2.45) is 13.0 Å². The van der Waals surface area contributed by atoms with E-state index >= 15 is 0 Å². The van der Waals surface area contributed by atoms with E-state index < -0.39 is 5.60 Å². The summed E-state index contributed by atoms with van der Waals surface area (Å²) in [5, 5.41) is 11.4. The molecule has 0 saturated carbocycles. The average Bonchev–Trinajstić information content (AvgIpc) is 3.10. The highest BCUT2D eigenvalue weighted by atomic mass is 16.3. The van der Waals surface area contributed by atoms with Crippen molar-refractivity contribution in [1.82, 2.24) is 19.4 Å². The third-order valence-electron chi connectivity index (χ3n) is 4.44. The molecule has 1 aliphatic heterocycles. The summed E-state index contributed by atoms with van der Waals surface area (Å²) in [7, 11) is 4.10. The Bertz CT molecular complexity index is 554. The lowest BCUT2D eigenvalue weighted by molar-refractivity contribution is -0.0173. The highest BCUT2D eigenvalue weighted by Gasteiger charge is 2.43. The normalized spacial score (nSPS) is 20.9. The fourth-order valence-electron chi connectivity index (χ4n) is 3.19. The van der Waals surface area contributed by atoms with E-state index in [-0.39, 0.29) is 5.92 Å². The first-order valence-electron chi connectivity index (χ1n) is 7.14. The predicted molar refractivity (Wildman–Crippen MR) is 77.2 cm³/mol. The van der Waals surface area contributed by atoms with Gasteiger partial charge in [0.2, 0.25) is 0 Å². The van der Waals surface area contributed by atoms with Crippen LogP contribution in [0.1, 0.15) is 24.2 Å². The van der Waals surface area contributed by atoms with Crippen LogP contribution in [-0.4, -0.2) is 44.7 Å². The van der Waals surface area contributed by atoms with Crippen molar-refractivity contribution in [2.75, 3.05) is 20.1 Å². The molecule has 2 aromatic rings. The van der Waals surface area contributed by atoms with Crippen LogP contribution in [0, 0.1) is 5.92 Å². The number of imidazole rings is 1. The molecule has 1 saturated heterocycles. The number of hydrogen-bond acceptors (Lipinski definition) is 3. The lowest BCUT2D eigenvalue weighted by atomic mass is 9.76. The number of H-pyrrole nitrogens is 1. The van der Waals surface area contributed by atoms with Gasteiger partial charge in [0.1, 0.15) is 5.82 Å². The molecule has 108 valence electrons. The van der Waals surface area contributed by atoms with E-state index in [9.17, 15) is 5.11 Å². The third kappa shape index (κ3) is 2.17. The molecule has 1 atom stereocenters. The van der Waals surface area contributed by atoms with Gasteiger partial charge >= 0.3 is 0 Å². The summed E-state index contributed by atoms with van der Waals surface area (Å²) in [6, 6.07) is 1.99. The summed E-state index contributed by atoms with van der Waals surface area (Å²) >= 11 is 0. The predicted octanol–water partition coefficient (Wildman–Crippen LogP) is 1.33. The number of aromatic amines is 1. The lowest BCUT2D eigenvalue weighted by Gasteiger charge is -2.39. The summed E-state index contributed by atoms with van der Waals surface area (Å²) in [5.41, 5.74) is -0.101. The highest BCUT2D eigenvalue weighted by molar-refractivity contribution is 5.29. The molecule has 2 aromatic heterocycles. The van der Waals surface area contributed by atoms with Crippen LogP contribution >= 0.6 is 0 Å². The van der Waals surface area contributed by atoms with E-state index in [0.717, 1.165) is 31.5 Å². The topological polar surface area (TPSA) is 57.1 Å². The summed E-state index contributed by atoms with van der Waals surface area (Å²) < 4.78 is 1.97. The van der Waals surface area contributed by atoms with E-state index in [0.29, 0.717) is 5.82 Å². The Morgan fingerprint density at radius 1 is 1.35 bits per heavy atom. The zero-order valence-corrected chi connectivity index (χ0v) is 12.1. The van der Waals surface area contributed by atoms with Gasteiger partial charge in [-0.1, -0.05) is 0 Å². The molecule has 0 amide bonds. The highest BCUT2D eigenvalue weighted by Crippen LogP contribution is 2.40. The molecule has 0 aromatic carbocycles. The molecule has 0 spiro atoms. The minimum Gasteiger partial charge on any atom is -0.377 e. The maximum atomic E-state index is 11.4. The number of nitrogens with one attached hydrogen (secondary N) is 1. The Morgan fingerprint density at radius 2 is 2.10 bits per heavy atom. The van der Waals surface area contributed by atoms with E-state index in [1.165, 1.54) is 0 Å². The fourth-order valence-corrected chi connectivity index (χ4v) is 3.19. The fraction of sp³-hybridized carbons (Fsp3) is 0.533. The number of likely N-dealkylation sites (tertiary alicyclic amines) is 1. The maximum absolute atomic E-state index is 11.4. The first-order chi connectivity index (χ1) is 9.60. The number of rotatable bonds is 3. The third-order valence-corrected chi connectivity index (χ3v) is 4.44. The summed E-state index contributed by atoms with van der Waals surface area (Å²) in [5.74, 6) is 0.838. The molecule has 1 unspecified atom stereocenters. The number of aliphatic hydroxyl groups is 1. The molecular weight excluding hydrogens is 252 g/mol. The SMILES string of the molecule is CN1CCC(C(O)(c2ccn(C)c2)c2ncc[nH]2)CC1. The maximum Gasteiger partial charge on any atom is 0.151 e. The molecule has 0 aliphatic carbocycles. The number of piperidine rings is 1. The molecule has 5 nitrogen and oxygen atoms in total. The van der Waals surface area contributed by atoms with Crippen molar-refractivity contribution in [2.45, 2.75) is 18.4 Å². The Kier molecular flexibility index (Phi) is 3.40. The number of hydrogen-bond donors (Lipinski definition) is 2. The average molecular weight is 274 g/mol. The quantitative estimate of drug-likeness (QED) is 0.887. The van der Waals surface area contributed by atoms with Crippen LogP contribution < -0.4 is 0 Å². The van der Waals surface area contributed by atoms with Gasteiger partial charge < -0.3 is 19.6 Å². The molecule has 20 heavy (non-hydrogen) atoms. The summed E-state index contributed by atoms with van der Waals surface area (Å²) in [4.78, 5) is 9.76. The Hall–Kier alpha value is -1.59. The van der Waals surface area contributed by atoms with Crippen molar-refractivity contribution in [1.29, 1.82) is 0 Å². The van der Waals surface area contributed by atoms with Gasteiger partial charge in [0.05, 0.1) is 0 Å². The zero-order chi connectivity index (χ0) is 14.2. The molecule has 5 heteroatoms. The van der Waals surface area contributed by atoms with E-state index in [2.05, 4.69) is 21.9 Å². The van der Waals surface area contributed by atoms with Crippen molar-refractivity contribution in [3.05, 3.63) is 42.2 Å². The summed E-state index contributed by atoms with van der Waals surface area (Å²) in [6.45, 7) is 2.03. The Labute approximate surface area is 119 Å². The molecule has 2 N–H and O–H groups in total. The molecular formula is C15H22N4O. The van der Waals surface area contributed by atoms with Crippen molar-refractivity contribution < 1.29 is 5.11 Å².